The highest BCUT2D eigenvalue weighted by atomic mass is 35.5. The van der Waals surface area contributed by atoms with E-state index < -0.39 is 48.2 Å². The maximum absolute atomic E-state index is 14.7. The first-order valence-corrected chi connectivity index (χ1v) is 14.9. The maximum Gasteiger partial charge on any atom is 0.312 e. The second-order valence-electron chi connectivity index (χ2n) is 11.1. The lowest BCUT2D eigenvalue weighted by Crippen LogP contribution is -2.57. The Labute approximate surface area is 251 Å². The van der Waals surface area contributed by atoms with Crippen LogP contribution in [0, 0.1) is 11.8 Å². The Morgan fingerprint density at radius 3 is 2.55 bits per heavy atom. The van der Waals surface area contributed by atoms with Gasteiger partial charge in [-0.05, 0) is 61.9 Å². The molecule has 42 heavy (non-hydrogen) atoms. The van der Waals surface area contributed by atoms with Crippen molar-refractivity contribution in [1.29, 1.82) is 0 Å². The van der Waals surface area contributed by atoms with Gasteiger partial charge in [-0.1, -0.05) is 54.1 Å². The Morgan fingerprint density at radius 2 is 1.88 bits per heavy atom. The van der Waals surface area contributed by atoms with Gasteiger partial charge in [-0.3, -0.25) is 14.4 Å². The van der Waals surface area contributed by atoms with Crippen molar-refractivity contribution >= 4 is 35.1 Å². The summed E-state index contributed by atoms with van der Waals surface area (Å²) >= 11 is 6.13. The SMILES string of the molecule is C=CCCCCOC(=O)[C@@H]1[C@@H]2CCC3(O2)C(C(=O)N(CC=C)c2ccc(Cl)cc2)N([C@H](CO)c2ccccc2)C(=O)[C@H]13. The van der Waals surface area contributed by atoms with E-state index in [1.165, 1.54) is 4.90 Å². The molecule has 2 unspecified atom stereocenters. The van der Waals surface area contributed by atoms with Gasteiger partial charge in [0.1, 0.15) is 11.6 Å². The summed E-state index contributed by atoms with van der Waals surface area (Å²) in [6, 6.07) is 14.1. The van der Waals surface area contributed by atoms with Gasteiger partial charge in [-0.2, -0.15) is 0 Å². The number of hydrogen-bond acceptors (Lipinski definition) is 6. The highest BCUT2D eigenvalue weighted by Crippen LogP contribution is 2.60. The van der Waals surface area contributed by atoms with Gasteiger partial charge >= 0.3 is 5.97 Å². The summed E-state index contributed by atoms with van der Waals surface area (Å²) in [5, 5.41) is 11.2. The number of carbonyl (C=O) groups excluding carboxylic acids is 3. The number of aliphatic hydroxyl groups is 1. The number of fused-ring (bicyclic) bond motifs is 1. The van der Waals surface area contributed by atoms with Crippen molar-refractivity contribution in [3.05, 3.63) is 90.5 Å². The Hall–Kier alpha value is -3.46. The van der Waals surface area contributed by atoms with Gasteiger partial charge in [0.05, 0.1) is 37.2 Å². The third kappa shape index (κ3) is 5.27. The first-order valence-electron chi connectivity index (χ1n) is 14.5. The standard InChI is InChI=1S/C33H37ClN2O6/c1-3-5-6-10-20-41-32(40)27-26-17-18-33(42-26)28(27)30(38)36(25(21-37)22-11-8-7-9-12-22)29(33)31(39)35(19-4-2)24-15-13-23(34)14-16-24/h3-4,7-9,11-16,25-29,37H,1-2,5-6,10,17-21H2/t25-,26+,27-,28+,29?,33?/m1/s1. The van der Waals surface area contributed by atoms with E-state index >= 15 is 0 Å². The number of rotatable bonds is 13. The third-order valence-electron chi connectivity index (χ3n) is 8.70. The Morgan fingerprint density at radius 1 is 1.14 bits per heavy atom. The van der Waals surface area contributed by atoms with Crippen molar-refractivity contribution in [3.8, 4) is 0 Å². The average Bonchev–Trinajstić information content (AvgIpc) is 3.65. The van der Waals surface area contributed by atoms with E-state index in [9.17, 15) is 19.5 Å². The quantitative estimate of drug-likeness (QED) is 0.203. The minimum atomic E-state index is -1.24. The number of benzene rings is 2. The molecule has 1 N–H and O–H groups in total. The number of amides is 2. The minimum absolute atomic E-state index is 0.175. The first-order chi connectivity index (χ1) is 20.4. The molecule has 3 fully saturated rings. The second kappa shape index (κ2) is 12.8. The van der Waals surface area contributed by atoms with Crippen LogP contribution in [0.1, 0.15) is 43.7 Å². The number of nitrogens with zero attached hydrogens (tertiary/aromatic N) is 2. The molecule has 222 valence electrons. The van der Waals surface area contributed by atoms with E-state index in [1.54, 1.807) is 35.2 Å². The first kappa shape index (κ1) is 30.0. The maximum atomic E-state index is 14.7. The van der Waals surface area contributed by atoms with E-state index in [4.69, 9.17) is 21.1 Å². The molecule has 0 radical (unpaired) electrons. The van der Waals surface area contributed by atoms with Gasteiger partial charge in [-0.25, -0.2) is 0 Å². The molecule has 1 spiro atoms. The minimum Gasteiger partial charge on any atom is -0.465 e. The Balaban J connectivity index is 1.55. The lowest BCUT2D eigenvalue weighted by Gasteiger charge is -2.39. The molecule has 3 aliphatic heterocycles. The monoisotopic (exact) mass is 592 g/mol. The van der Waals surface area contributed by atoms with Crippen molar-refractivity contribution < 1.29 is 29.0 Å². The topological polar surface area (TPSA) is 96.4 Å². The van der Waals surface area contributed by atoms with Gasteiger partial charge in [0, 0.05) is 17.3 Å². The largest absolute Gasteiger partial charge is 0.465 e. The second-order valence-corrected chi connectivity index (χ2v) is 11.5. The fraction of sp³-hybridized carbons (Fsp3) is 0.424. The number of likely N-dealkylation sites (tertiary alicyclic amines) is 1. The van der Waals surface area contributed by atoms with Gasteiger partial charge in [0.2, 0.25) is 5.91 Å². The molecule has 2 amide bonds. The number of ether oxygens (including phenoxy) is 2. The molecule has 0 aliphatic carbocycles. The third-order valence-corrected chi connectivity index (χ3v) is 8.95. The summed E-state index contributed by atoms with van der Waals surface area (Å²) in [4.78, 5) is 45.6. The number of unbranched alkanes of at least 4 members (excludes halogenated alkanes) is 2. The van der Waals surface area contributed by atoms with E-state index in [0.29, 0.717) is 35.5 Å². The zero-order valence-corrected chi connectivity index (χ0v) is 24.3. The van der Waals surface area contributed by atoms with Crippen LogP contribution in [0.4, 0.5) is 5.69 Å². The summed E-state index contributed by atoms with van der Waals surface area (Å²) in [5.41, 5.74) is 0.0272. The summed E-state index contributed by atoms with van der Waals surface area (Å²) in [5.74, 6) is -2.97. The van der Waals surface area contributed by atoms with Crippen molar-refractivity contribution in [2.24, 2.45) is 11.8 Å². The molecular formula is C33H37ClN2O6. The molecule has 6 atom stereocenters. The fourth-order valence-electron chi connectivity index (χ4n) is 6.88. The van der Waals surface area contributed by atoms with E-state index in [1.807, 2.05) is 36.4 Å². The molecule has 0 aromatic heterocycles. The molecule has 3 aliphatic rings. The van der Waals surface area contributed by atoms with Crippen LogP contribution < -0.4 is 4.90 Å². The number of esters is 1. The Bertz CT molecular complexity index is 1320. The van der Waals surface area contributed by atoms with Crippen molar-refractivity contribution in [2.75, 3.05) is 24.7 Å². The van der Waals surface area contributed by atoms with E-state index in [0.717, 1.165) is 12.8 Å². The number of carbonyl (C=O) groups is 3. The number of aliphatic hydroxyl groups excluding tert-OH is 1. The van der Waals surface area contributed by atoms with E-state index in [2.05, 4.69) is 13.2 Å². The molecule has 2 aromatic rings. The highest BCUT2D eigenvalue weighted by Gasteiger charge is 2.75. The lowest BCUT2D eigenvalue weighted by atomic mass is 9.70. The molecule has 5 rings (SSSR count). The summed E-state index contributed by atoms with van der Waals surface area (Å²) in [7, 11) is 0. The number of halogens is 1. The molecule has 2 bridgehead atoms. The molecule has 9 heteroatoms. The molecule has 2 aromatic carbocycles. The van der Waals surface area contributed by atoms with Gasteiger partial charge < -0.3 is 24.4 Å². The van der Waals surface area contributed by atoms with Crippen LogP contribution in [-0.2, 0) is 23.9 Å². The molecule has 3 heterocycles. The Kier molecular flexibility index (Phi) is 9.16. The van der Waals surface area contributed by atoms with Crippen LogP contribution in [-0.4, -0.2) is 65.3 Å². The predicted octanol–water partition coefficient (Wildman–Crippen LogP) is 4.87. The molecule has 0 saturated carbocycles. The van der Waals surface area contributed by atoms with Crippen molar-refractivity contribution in [1.82, 2.24) is 4.90 Å². The van der Waals surface area contributed by atoms with Gasteiger partial charge in [0.25, 0.3) is 5.91 Å². The van der Waals surface area contributed by atoms with Crippen LogP contribution in [0.5, 0.6) is 0 Å². The van der Waals surface area contributed by atoms with Crippen LogP contribution >= 0.6 is 11.6 Å². The predicted molar refractivity (Wildman–Crippen MR) is 160 cm³/mol. The lowest BCUT2D eigenvalue weighted by molar-refractivity contribution is -0.156. The fourth-order valence-corrected chi connectivity index (χ4v) is 7.01. The van der Waals surface area contributed by atoms with Crippen molar-refractivity contribution in [2.45, 2.75) is 55.9 Å². The van der Waals surface area contributed by atoms with Gasteiger partial charge in [0.15, 0.2) is 0 Å². The summed E-state index contributed by atoms with van der Waals surface area (Å²) in [6.45, 7) is 7.56. The number of anilines is 1. The summed E-state index contributed by atoms with van der Waals surface area (Å²) in [6.07, 6.45) is 6.22. The van der Waals surface area contributed by atoms with Crippen LogP contribution in [0.25, 0.3) is 0 Å². The smallest absolute Gasteiger partial charge is 0.312 e. The van der Waals surface area contributed by atoms with Gasteiger partial charge in [-0.15, -0.1) is 13.2 Å². The van der Waals surface area contributed by atoms with E-state index in [-0.39, 0.29) is 25.0 Å². The van der Waals surface area contributed by atoms with Crippen LogP contribution in [0.15, 0.2) is 79.9 Å². The zero-order valence-electron chi connectivity index (χ0n) is 23.6. The average molecular weight is 593 g/mol. The van der Waals surface area contributed by atoms with Crippen LogP contribution in [0.3, 0.4) is 0 Å². The van der Waals surface area contributed by atoms with Crippen LogP contribution in [0.2, 0.25) is 5.02 Å². The molecule has 8 nitrogen and oxygen atoms in total. The zero-order chi connectivity index (χ0) is 29.9. The van der Waals surface area contributed by atoms with Crippen molar-refractivity contribution in [3.63, 3.8) is 0 Å². The highest BCUT2D eigenvalue weighted by molar-refractivity contribution is 6.30. The summed E-state index contributed by atoms with van der Waals surface area (Å²) < 4.78 is 12.2. The number of hydrogen-bond donors (Lipinski definition) is 1. The number of allylic oxidation sites excluding steroid dienone is 1. The normalized spacial score (nSPS) is 26.5. The molecule has 3 saturated heterocycles. The molecular weight excluding hydrogens is 556 g/mol.